The van der Waals surface area contributed by atoms with Crippen LogP contribution in [0.5, 0.6) is 0 Å². The van der Waals surface area contributed by atoms with Crippen LogP contribution in [-0.4, -0.2) is 47.8 Å². The number of hydrogen-bond acceptors (Lipinski definition) is 4. The summed E-state index contributed by atoms with van der Waals surface area (Å²) in [6.45, 7) is 5.48. The Labute approximate surface area is 143 Å². The highest BCUT2D eigenvalue weighted by atomic mass is 16.2. The van der Waals surface area contributed by atoms with E-state index in [1.807, 2.05) is 31.2 Å². The fourth-order valence-corrected chi connectivity index (χ4v) is 4.01. The second-order valence-corrected chi connectivity index (χ2v) is 6.96. The summed E-state index contributed by atoms with van der Waals surface area (Å²) in [6, 6.07) is 7.55. The topological polar surface area (TPSA) is 66.6 Å². The van der Waals surface area contributed by atoms with Crippen LogP contribution in [0.15, 0.2) is 24.3 Å². The van der Waals surface area contributed by atoms with Crippen LogP contribution in [-0.2, 0) is 15.0 Å². The van der Waals surface area contributed by atoms with Crippen LogP contribution in [0.4, 0.5) is 5.69 Å². The van der Waals surface area contributed by atoms with E-state index < -0.39 is 5.41 Å². The molecule has 5 nitrogen and oxygen atoms in total. The van der Waals surface area contributed by atoms with Gasteiger partial charge in [0.2, 0.25) is 11.8 Å². The summed E-state index contributed by atoms with van der Waals surface area (Å²) in [5.74, 6) is -0.0658. The zero-order chi connectivity index (χ0) is 17.2. The lowest BCUT2D eigenvalue weighted by Crippen LogP contribution is -2.55. The van der Waals surface area contributed by atoms with E-state index >= 15 is 0 Å². The van der Waals surface area contributed by atoms with E-state index in [9.17, 15) is 9.59 Å². The van der Waals surface area contributed by atoms with Crippen molar-refractivity contribution in [2.45, 2.75) is 44.4 Å². The molecule has 0 spiro atoms. The third kappa shape index (κ3) is 3.05. The maximum atomic E-state index is 13.2. The van der Waals surface area contributed by atoms with Crippen LogP contribution in [0.25, 0.3) is 0 Å². The van der Waals surface area contributed by atoms with Gasteiger partial charge in [0.1, 0.15) is 0 Å². The number of piperidine rings is 1. The Morgan fingerprint density at radius 1 is 1.08 bits per heavy atom. The number of nitrogens with zero attached hydrogens (tertiary/aromatic N) is 2. The van der Waals surface area contributed by atoms with Crippen LogP contribution >= 0.6 is 0 Å². The van der Waals surface area contributed by atoms with Gasteiger partial charge in [-0.25, -0.2) is 0 Å². The van der Waals surface area contributed by atoms with Gasteiger partial charge in [-0.1, -0.05) is 19.1 Å². The molecular weight excluding hydrogens is 302 g/mol. The van der Waals surface area contributed by atoms with Crippen molar-refractivity contribution in [3.8, 4) is 0 Å². The Kier molecular flexibility index (Phi) is 4.90. The molecule has 1 unspecified atom stereocenters. The first-order chi connectivity index (χ1) is 11.6. The lowest BCUT2D eigenvalue weighted by atomic mass is 9.71. The minimum atomic E-state index is -0.591. The third-order valence-corrected chi connectivity index (χ3v) is 5.63. The Bertz CT molecular complexity index is 608. The van der Waals surface area contributed by atoms with Crippen LogP contribution in [0.1, 0.15) is 44.6 Å². The first kappa shape index (κ1) is 17.0. The first-order valence-corrected chi connectivity index (χ1v) is 9.00. The van der Waals surface area contributed by atoms with Gasteiger partial charge in [-0.3, -0.25) is 14.5 Å². The number of benzene rings is 1. The average Bonchev–Trinajstić information content (AvgIpc) is 3.10. The lowest BCUT2D eigenvalue weighted by molar-refractivity contribution is -0.153. The molecule has 24 heavy (non-hydrogen) atoms. The van der Waals surface area contributed by atoms with Crippen LogP contribution < -0.4 is 5.73 Å². The molecule has 130 valence electrons. The van der Waals surface area contributed by atoms with Gasteiger partial charge in [-0.2, -0.15) is 0 Å². The van der Waals surface area contributed by atoms with Gasteiger partial charge in [-0.05, 0) is 56.5 Å². The number of rotatable bonds is 5. The normalized spacial score (nSPS) is 25.5. The van der Waals surface area contributed by atoms with Crippen molar-refractivity contribution in [2.75, 3.05) is 31.9 Å². The van der Waals surface area contributed by atoms with Crippen LogP contribution in [0, 0.1) is 0 Å². The predicted octanol–water partition coefficient (Wildman–Crippen LogP) is 2.16. The molecule has 0 aromatic heterocycles. The van der Waals surface area contributed by atoms with Crippen molar-refractivity contribution in [3.63, 3.8) is 0 Å². The molecule has 2 fully saturated rings. The molecule has 0 bridgehead atoms. The number of likely N-dealkylation sites (tertiary alicyclic amines) is 2. The molecule has 3 rings (SSSR count). The average molecular weight is 329 g/mol. The van der Waals surface area contributed by atoms with E-state index in [4.69, 9.17) is 5.73 Å². The Hall–Kier alpha value is -1.88. The molecule has 1 aromatic rings. The van der Waals surface area contributed by atoms with Gasteiger partial charge in [0.05, 0.1) is 5.41 Å². The van der Waals surface area contributed by atoms with Gasteiger partial charge in [0.15, 0.2) is 0 Å². The lowest BCUT2D eigenvalue weighted by Gasteiger charge is -2.41. The molecule has 2 N–H and O–H groups in total. The summed E-state index contributed by atoms with van der Waals surface area (Å²) in [5, 5.41) is 0. The van der Waals surface area contributed by atoms with E-state index in [1.165, 1.54) is 17.7 Å². The number of nitrogens with two attached hydrogens (primary N) is 1. The highest BCUT2D eigenvalue weighted by Gasteiger charge is 2.46. The third-order valence-electron chi connectivity index (χ3n) is 5.63. The fraction of sp³-hybridized carbons (Fsp3) is 0.579. The smallest absolute Gasteiger partial charge is 0.239 e. The van der Waals surface area contributed by atoms with Crippen molar-refractivity contribution in [1.29, 1.82) is 0 Å². The summed E-state index contributed by atoms with van der Waals surface area (Å²) in [4.78, 5) is 29.4. The zero-order valence-electron chi connectivity index (χ0n) is 14.5. The van der Waals surface area contributed by atoms with Crippen molar-refractivity contribution >= 4 is 17.5 Å². The van der Waals surface area contributed by atoms with Crippen molar-refractivity contribution in [2.24, 2.45) is 0 Å². The van der Waals surface area contributed by atoms with Crippen molar-refractivity contribution < 1.29 is 9.59 Å². The molecule has 2 heterocycles. The molecular formula is C19H27N3O2. The van der Waals surface area contributed by atoms with Crippen molar-refractivity contribution in [3.05, 3.63) is 29.8 Å². The van der Waals surface area contributed by atoms with Gasteiger partial charge < -0.3 is 10.6 Å². The van der Waals surface area contributed by atoms with Gasteiger partial charge in [-0.15, -0.1) is 0 Å². The summed E-state index contributed by atoms with van der Waals surface area (Å²) in [6.07, 6.45) is 4.15. The molecule has 2 aliphatic heterocycles. The minimum absolute atomic E-state index is 0.0290. The van der Waals surface area contributed by atoms with Gasteiger partial charge in [0.25, 0.3) is 0 Å². The Morgan fingerprint density at radius 2 is 1.75 bits per heavy atom. The number of carbonyl (C=O) groups excluding carboxylic acids is 2. The van der Waals surface area contributed by atoms with Gasteiger partial charge in [0, 0.05) is 25.2 Å². The number of hydrogen-bond donors (Lipinski definition) is 1. The standard InChI is InChI=1S/C19H27N3O2/c1-2-19(15-5-7-16(20)8-6-15)10-9-17(23)22(18(19)24)14-13-21-11-3-4-12-21/h5-8H,2-4,9-14,20H2,1H3. The predicted molar refractivity (Wildman–Crippen MR) is 94.5 cm³/mol. The Morgan fingerprint density at radius 3 is 2.38 bits per heavy atom. The highest BCUT2D eigenvalue weighted by Crippen LogP contribution is 2.39. The maximum Gasteiger partial charge on any atom is 0.239 e. The second-order valence-electron chi connectivity index (χ2n) is 6.96. The summed E-state index contributed by atoms with van der Waals surface area (Å²) < 4.78 is 0. The molecule has 2 saturated heterocycles. The maximum absolute atomic E-state index is 13.2. The van der Waals surface area contributed by atoms with E-state index in [1.54, 1.807) is 0 Å². The monoisotopic (exact) mass is 329 g/mol. The summed E-state index contributed by atoms with van der Waals surface area (Å²) >= 11 is 0. The molecule has 0 radical (unpaired) electrons. The van der Waals surface area contributed by atoms with E-state index in [0.717, 1.165) is 25.2 Å². The van der Waals surface area contributed by atoms with E-state index in [2.05, 4.69) is 4.90 Å². The number of nitrogen functional groups attached to an aromatic ring is 1. The van der Waals surface area contributed by atoms with Gasteiger partial charge >= 0.3 is 0 Å². The molecule has 2 aliphatic rings. The van der Waals surface area contributed by atoms with E-state index in [0.29, 0.717) is 31.5 Å². The molecule has 0 aliphatic carbocycles. The molecule has 5 heteroatoms. The molecule has 1 atom stereocenters. The number of imide groups is 1. The quantitative estimate of drug-likeness (QED) is 0.664. The molecule has 0 saturated carbocycles. The SMILES string of the molecule is CCC1(c2ccc(N)cc2)CCC(=O)N(CCN2CCCC2)C1=O. The summed E-state index contributed by atoms with van der Waals surface area (Å²) in [7, 11) is 0. The zero-order valence-corrected chi connectivity index (χ0v) is 14.5. The second kappa shape index (κ2) is 6.93. The number of amides is 2. The van der Waals surface area contributed by atoms with E-state index in [-0.39, 0.29) is 11.8 Å². The minimum Gasteiger partial charge on any atom is -0.399 e. The highest BCUT2D eigenvalue weighted by molar-refractivity contribution is 6.03. The molecule has 1 aromatic carbocycles. The largest absolute Gasteiger partial charge is 0.399 e. The first-order valence-electron chi connectivity index (χ1n) is 9.00. The van der Waals surface area contributed by atoms with Crippen LogP contribution in [0.3, 0.4) is 0 Å². The summed E-state index contributed by atoms with van der Waals surface area (Å²) in [5.41, 5.74) is 6.86. The van der Waals surface area contributed by atoms with Crippen LogP contribution in [0.2, 0.25) is 0 Å². The number of carbonyl (C=O) groups is 2. The Balaban J connectivity index is 1.81. The van der Waals surface area contributed by atoms with Crippen molar-refractivity contribution in [1.82, 2.24) is 9.80 Å². The molecule has 2 amide bonds. The fourth-order valence-electron chi connectivity index (χ4n) is 4.01. The number of anilines is 1.